The minimum absolute atomic E-state index is 0.456. The average molecular weight is 252 g/mol. The van der Waals surface area contributed by atoms with Gasteiger partial charge in [-0.25, -0.2) is 0 Å². The third kappa shape index (κ3) is 3.48. The number of rotatable bonds is 6. The maximum atomic E-state index is 3.84. The van der Waals surface area contributed by atoms with Crippen LogP contribution in [0.4, 0.5) is 0 Å². The van der Waals surface area contributed by atoms with Crippen molar-refractivity contribution in [2.75, 3.05) is 19.6 Å². The van der Waals surface area contributed by atoms with Gasteiger partial charge in [-0.1, -0.05) is 33.1 Å². The second-order valence-electron chi connectivity index (χ2n) is 6.47. The molecule has 2 heteroatoms. The minimum Gasteiger partial charge on any atom is -0.310 e. The van der Waals surface area contributed by atoms with Crippen molar-refractivity contribution in [3.05, 3.63) is 0 Å². The Hall–Kier alpha value is -0.0800. The smallest absolute Gasteiger partial charge is 0.0309 e. The topological polar surface area (TPSA) is 15.3 Å². The summed E-state index contributed by atoms with van der Waals surface area (Å²) in [6.07, 6.45) is 12.5. The summed E-state index contributed by atoms with van der Waals surface area (Å²) in [6, 6.07) is 0.875. The molecule has 2 aliphatic heterocycles. The number of likely N-dealkylation sites (tertiary alicyclic amines) is 1. The van der Waals surface area contributed by atoms with E-state index in [2.05, 4.69) is 24.1 Å². The normalized spacial score (nSPS) is 34.0. The zero-order valence-corrected chi connectivity index (χ0v) is 12.5. The summed E-state index contributed by atoms with van der Waals surface area (Å²) >= 11 is 0. The fraction of sp³-hybridized carbons (Fsp3) is 1.00. The lowest BCUT2D eigenvalue weighted by Gasteiger charge is -2.42. The van der Waals surface area contributed by atoms with Crippen LogP contribution in [0.15, 0.2) is 0 Å². The quantitative estimate of drug-likeness (QED) is 0.777. The van der Waals surface area contributed by atoms with Crippen LogP contribution in [0.3, 0.4) is 0 Å². The molecule has 0 amide bonds. The molecule has 2 unspecified atom stereocenters. The standard InChI is InChI=1S/C16H32N2/c1-3-8-15-9-5-6-13-18(15)14-16(10-4-2)11-7-12-17-16/h15,17H,3-14H2,1-2H3. The minimum atomic E-state index is 0.456. The summed E-state index contributed by atoms with van der Waals surface area (Å²) < 4.78 is 0. The van der Waals surface area contributed by atoms with E-state index in [0.717, 1.165) is 6.04 Å². The number of piperidine rings is 1. The monoisotopic (exact) mass is 252 g/mol. The number of hydrogen-bond donors (Lipinski definition) is 1. The van der Waals surface area contributed by atoms with Crippen LogP contribution in [-0.2, 0) is 0 Å². The van der Waals surface area contributed by atoms with Crippen LogP contribution in [0.2, 0.25) is 0 Å². The van der Waals surface area contributed by atoms with Crippen molar-refractivity contribution in [1.29, 1.82) is 0 Å². The molecule has 2 saturated heterocycles. The first-order chi connectivity index (χ1) is 8.79. The van der Waals surface area contributed by atoms with Crippen molar-refractivity contribution in [3.63, 3.8) is 0 Å². The van der Waals surface area contributed by atoms with Gasteiger partial charge in [-0.2, -0.15) is 0 Å². The van der Waals surface area contributed by atoms with Gasteiger partial charge < -0.3 is 5.32 Å². The van der Waals surface area contributed by atoms with Crippen molar-refractivity contribution in [3.8, 4) is 0 Å². The van der Waals surface area contributed by atoms with Crippen molar-refractivity contribution in [1.82, 2.24) is 10.2 Å². The highest BCUT2D eigenvalue weighted by molar-refractivity contribution is 4.96. The highest BCUT2D eigenvalue weighted by atomic mass is 15.2. The second kappa shape index (κ2) is 6.91. The first-order valence-corrected chi connectivity index (χ1v) is 8.29. The fourth-order valence-corrected chi connectivity index (χ4v) is 4.09. The predicted octanol–water partition coefficient (Wildman–Crippen LogP) is 3.56. The van der Waals surface area contributed by atoms with Gasteiger partial charge in [0, 0.05) is 18.1 Å². The van der Waals surface area contributed by atoms with Crippen LogP contribution in [0.1, 0.15) is 71.6 Å². The van der Waals surface area contributed by atoms with Gasteiger partial charge in [0.05, 0.1) is 0 Å². The number of nitrogens with zero attached hydrogens (tertiary/aromatic N) is 1. The molecule has 1 N–H and O–H groups in total. The summed E-state index contributed by atoms with van der Waals surface area (Å²) in [7, 11) is 0. The van der Waals surface area contributed by atoms with Crippen LogP contribution < -0.4 is 5.32 Å². The third-order valence-electron chi connectivity index (χ3n) is 4.94. The lowest BCUT2D eigenvalue weighted by atomic mass is 9.88. The highest BCUT2D eigenvalue weighted by Gasteiger charge is 2.36. The molecule has 0 radical (unpaired) electrons. The molecular weight excluding hydrogens is 220 g/mol. The fourth-order valence-electron chi connectivity index (χ4n) is 4.09. The molecule has 0 aromatic carbocycles. The van der Waals surface area contributed by atoms with Gasteiger partial charge in [0.25, 0.3) is 0 Å². The SMILES string of the molecule is CCCC1CCCCN1CC1(CCC)CCCN1. The Morgan fingerprint density at radius 3 is 2.72 bits per heavy atom. The zero-order chi connectivity index (χ0) is 12.8. The highest BCUT2D eigenvalue weighted by Crippen LogP contribution is 2.29. The molecule has 0 saturated carbocycles. The Balaban J connectivity index is 1.95. The van der Waals surface area contributed by atoms with E-state index >= 15 is 0 Å². The molecule has 2 fully saturated rings. The van der Waals surface area contributed by atoms with E-state index in [0.29, 0.717) is 5.54 Å². The van der Waals surface area contributed by atoms with Gasteiger partial charge in [0.1, 0.15) is 0 Å². The van der Waals surface area contributed by atoms with Crippen LogP contribution >= 0.6 is 0 Å². The van der Waals surface area contributed by atoms with E-state index in [4.69, 9.17) is 0 Å². The van der Waals surface area contributed by atoms with Gasteiger partial charge in [-0.05, 0) is 51.6 Å². The molecule has 2 atom stereocenters. The van der Waals surface area contributed by atoms with E-state index in [1.807, 2.05) is 0 Å². The van der Waals surface area contributed by atoms with Crippen LogP contribution in [0.25, 0.3) is 0 Å². The Morgan fingerprint density at radius 2 is 2.06 bits per heavy atom. The summed E-state index contributed by atoms with van der Waals surface area (Å²) in [5, 5.41) is 3.84. The maximum absolute atomic E-state index is 3.84. The molecule has 18 heavy (non-hydrogen) atoms. The molecule has 0 aromatic rings. The van der Waals surface area contributed by atoms with Crippen molar-refractivity contribution in [2.45, 2.75) is 83.2 Å². The Labute approximate surface area is 114 Å². The van der Waals surface area contributed by atoms with E-state index in [-0.39, 0.29) is 0 Å². The molecule has 2 nitrogen and oxygen atoms in total. The molecular formula is C16H32N2. The molecule has 0 aliphatic carbocycles. The van der Waals surface area contributed by atoms with Crippen LogP contribution in [-0.4, -0.2) is 36.1 Å². The maximum Gasteiger partial charge on any atom is 0.0309 e. The first-order valence-electron chi connectivity index (χ1n) is 8.29. The second-order valence-corrected chi connectivity index (χ2v) is 6.47. The predicted molar refractivity (Wildman–Crippen MR) is 79.0 cm³/mol. The Morgan fingerprint density at radius 1 is 1.17 bits per heavy atom. The lowest BCUT2D eigenvalue weighted by molar-refractivity contribution is 0.0963. The van der Waals surface area contributed by atoms with Crippen molar-refractivity contribution < 1.29 is 0 Å². The third-order valence-corrected chi connectivity index (χ3v) is 4.94. The van der Waals surface area contributed by atoms with Gasteiger partial charge in [-0.3, -0.25) is 4.90 Å². The Bertz CT molecular complexity index is 231. The van der Waals surface area contributed by atoms with E-state index in [1.165, 1.54) is 77.4 Å². The molecule has 2 heterocycles. The molecule has 0 spiro atoms. The summed E-state index contributed by atoms with van der Waals surface area (Å²) in [5.41, 5.74) is 0.456. The Kier molecular flexibility index (Phi) is 5.50. The van der Waals surface area contributed by atoms with Gasteiger partial charge in [0.15, 0.2) is 0 Å². The van der Waals surface area contributed by atoms with E-state index < -0.39 is 0 Å². The molecule has 0 bridgehead atoms. The van der Waals surface area contributed by atoms with E-state index in [1.54, 1.807) is 0 Å². The zero-order valence-electron chi connectivity index (χ0n) is 12.5. The number of hydrogen-bond acceptors (Lipinski definition) is 2. The van der Waals surface area contributed by atoms with Gasteiger partial charge in [0.2, 0.25) is 0 Å². The molecule has 0 aromatic heterocycles. The average Bonchev–Trinajstić information content (AvgIpc) is 2.81. The number of nitrogens with one attached hydrogen (secondary N) is 1. The molecule has 106 valence electrons. The van der Waals surface area contributed by atoms with E-state index in [9.17, 15) is 0 Å². The molecule has 2 aliphatic rings. The largest absolute Gasteiger partial charge is 0.310 e. The van der Waals surface area contributed by atoms with Crippen LogP contribution in [0.5, 0.6) is 0 Å². The van der Waals surface area contributed by atoms with Crippen molar-refractivity contribution >= 4 is 0 Å². The summed E-state index contributed by atoms with van der Waals surface area (Å²) in [6.45, 7) is 8.57. The lowest BCUT2D eigenvalue weighted by Crippen LogP contribution is -2.53. The summed E-state index contributed by atoms with van der Waals surface area (Å²) in [5.74, 6) is 0. The van der Waals surface area contributed by atoms with Gasteiger partial charge in [-0.15, -0.1) is 0 Å². The van der Waals surface area contributed by atoms with Gasteiger partial charge >= 0.3 is 0 Å². The van der Waals surface area contributed by atoms with Crippen molar-refractivity contribution in [2.24, 2.45) is 0 Å². The van der Waals surface area contributed by atoms with Crippen LogP contribution in [0, 0.1) is 0 Å². The summed E-state index contributed by atoms with van der Waals surface area (Å²) in [4.78, 5) is 2.82. The molecule has 2 rings (SSSR count). The first kappa shape index (κ1) is 14.3.